The first-order valence-corrected chi connectivity index (χ1v) is 12.0. The molecule has 0 aromatic carbocycles. The minimum Gasteiger partial charge on any atom is -0.492 e. The molecule has 1 aliphatic carbocycles. The second-order valence-corrected chi connectivity index (χ2v) is 8.14. The fourth-order valence-corrected chi connectivity index (χ4v) is 3.46. The van der Waals surface area contributed by atoms with E-state index in [1.807, 2.05) is 24.9 Å². The number of fused-ring (bicyclic) bond motifs is 1. The highest BCUT2D eigenvalue weighted by atomic mass is 35.5. The Morgan fingerprint density at radius 3 is 2.59 bits per heavy atom. The van der Waals surface area contributed by atoms with Gasteiger partial charge in [0.2, 0.25) is 11.9 Å². The fraction of sp³-hybridized carbons (Fsp3) is 0.545. The second-order valence-electron chi connectivity index (χ2n) is 7.75. The summed E-state index contributed by atoms with van der Waals surface area (Å²) in [5, 5.41) is 6.70. The molecular weight excluding hydrogens is 448 g/mol. The van der Waals surface area contributed by atoms with Crippen LogP contribution in [-0.2, 0) is 4.79 Å². The number of aryl methyl sites for hydroxylation is 1. The largest absolute Gasteiger partial charge is 0.492 e. The Balaban J connectivity index is 0.000000671. The molecule has 0 spiro atoms. The summed E-state index contributed by atoms with van der Waals surface area (Å²) in [6, 6.07) is 3.86. The lowest BCUT2D eigenvalue weighted by Crippen LogP contribution is -2.40. The summed E-state index contributed by atoms with van der Waals surface area (Å²) in [5.41, 5.74) is 1.45. The van der Waals surface area contributed by atoms with E-state index in [0.717, 1.165) is 30.1 Å². The van der Waals surface area contributed by atoms with E-state index in [1.165, 1.54) is 6.42 Å². The van der Waals surface area contributed by atoms with Gasteiger partial charge in [0.05, 0.1) is 25.0 Å². The molecule has 1 amide bonds. The molecule has 1 aliphatic heterocycles. The lowest BCUT2D eigenvalue weighted by atomic mass is 9.81. The van der Waals surface area contributed by atoms with Crippen molar-refractivity contribution in [2.75, 3.05) is 42.0 Å². The van der Waals surface area contributed by atoms with Crippen molar-refractivity contribution in [3.63, 3.8) is 0 Å². The average molecular weight is 481 g/mol. The maximum atomic E-state index is 11.7. The van der Waals surface area contributed by atoms with Crippen molar-refractivity contribution in [2.24, 2.45) is 5.92 Å². The monoisotopic (exact) mass is 480 g/mol. The third-order valence-corrected chi connectivity index (χ3v) is 5.06. The van der Waals surface area contributed by atoms with Gasteiger partial charge in [-0.05, 0) is 44.1 Å². The molecule has 1 saturated carbocycles. The number of pyridine rings is 1. The molecule has 176 valence electrons. The van der Waals surface area contributed by atoms with Crippen LogP contribution in [0.1, 0.15) is 38.8 Å². The summed E-state index contributed by atoms with van der Waals surface area (Å²) < 4.78 is 5.75. The number of carbonyl (C=O) groups excluding carboxylic acids is 1. The van der Waals surface area contributed by atoms with Gasteiger partial charge in [-0.2, -0.15) is 17.6 Å². The van der Waals surface area contributed by atoms with Gasteiger partial charge < -0.3 is 20.3 Å². The number of hydrogen-bond donors (Lipinski definition) is 3. The highest BCUT2D eigenvalue weighted by Gasteiger charge is 2.31. The van der Waals surface area contributed by atoms with E-state index in [0.29, 0.717) is 41.9 Å². The number of nitrogens with zero attached hydrogens (tertiary/aromatic N) is 4. The van der Waals surface area contributed by atoms with Crippen LogP contribution in [0.4, 0.5) is 17.5 Å². The van der Waals surface area contributed by atoms with Gasteiger partial charge in [0.15, 0.2) is 5.82 Å². The number of aromatic nitrogens is 3. The number of thiol groups is 1. The van der Waals surface area contributed by atoms with Gasteiger partial charge in [0, 0.05) is 13.1 Å². The van der Waals surface area contributed by atoms with Gasteiger partial charge in [-0.3, -0.25) is 4.79 Å². The molecule has 4 rings (SSSR count). The van der Waals surface area contributed by atoms with Crippen molar-refractivity contribution in [1.82, 2.24) is 15.0 Å². The summed E-state index contributed by atoms with van der Waals surface area (Å²) >= 11 is 9.30. The van der Waals surface area contributed by atoms with Crippen LogP contribution in [0, 0.1) is 12.8 Å². The van der Waals surface area contributed by atoms with Crippen molar-refractivity contribution < 1.29 is 9.53 Å². The minimum atomic E-state index is -0.0462. The Kier molecular flexibility index (Phi) is 10.3. The van der Waals surface area contributed by atoms with Crippen LogP contribution in [0.25, 0.3) is 0 Å². The Morgan fingerprint density at radius 2 is 1.97 bits per heavy atom. The third-order valence-electron chi connectivity index (χ3n) is 4.83. The van der Waals surface area contributed by atoms with Crippen LogP contribution in [-0.4, -0.2) is 53.4 Å². The Bertz CT molecular complexity index is 877. The summed E-state index contributed by atoms with van der Waals surface area (Å²) in [6.45, 7) is 7.08. The van der Waals surface area contributed by atoms with E-state index in [-0.39, 0.29) is 5.91 Å². The molecule has 0 saturated heterocycles. The number of nitrogens with one attached hydrogen (secondary N) is 2. The first kappa shape index (κ1) is 26.0. The Labute approximate surface area is 200 Å². The fourth-order valence-electron chi connectivity index (χ4n) is 3.35. The number of likely N-dealkylation sites (N-methyl/N-ethyl adjacent to an activating group) is 1. The lowest BCUT2D eigenvalue weighted by molar-refractivity contribution is -0.115. The third kappa shape index (κ3) is 7.13. The predicted molar refractivity (Wildman–Crippen MR) is 134 cm³/mol. The average Bonchev–Trinajstić information content (AvgIpc) is 2.74. The zero-order valence-corrected chi connectivity index (χ0v) is 21.0. The number of carbonyl (C=O) groups is 1. The first-order valence-electron chi connectivity index (χ1n) is 10.7. The maximum absolute atomic E-state index is 11.7. The molecule has 2 aromatic heterocycles. The van der Waals surface area contributed by atoms with E-state index >= 15 is 0 Å². The van der Waals surface area contributed by atoms with E-state index in [4.69, 9.17) is 16.3 Å². The van der Waals surface area contributed by atoms with Gasteiger partial charge in [0.1, 0.15) is 16.6 Å². The quantitative estimate of drug-likeness (QED) is 0.430. The molecule has 8 nitrogen and oxygen atoms in total. The normalized spacial score (nSPS) is 18.6. The minimum absolute atomic E-state index is 0.0462. The molecule has 2 N–H and O–H groups in total. The molecule has 0 radical (unpaired) electrons. The summed E-state index contributed by atoms with van der Waals surface area (Å²) in [4.78, 5) is 26.6. The smallest absolute Gasteiger partial charge is 0.244 e. The van der Waals surface area contributed by atoms with Gasteiger partial charge in [-0.1, -0.05) is 31.9 Å². The summed E-state index contributed by atoms with van der Waals surface area (Å²) in [5.74, 6) is 2.52. The number of ether oxygens (including phenoxy) is 1. The molecule has 3 heterocycles. The van der Waals surface area contributed by atoms with E-state index in [1.54, 1.807) is 18.5 Å². The summed E-state index contributed by atoms with van der Waals surface area (Å²) in [6.07, 6.45) is 6.57. The number of hydrogen-bond acceptors (Lipinski definition) is 8. The predicted octanol–water partition coefficient (Wildman–Crippen LogP) is 4.45. The van der Waals surface area contributed by atoms with Crippen LogP contribution >= 0.6 is 24.2 Å². The molecule has 2 aromatic rings. The first-order chi connectivity index (χ1) is 15.4. The standard InChI is InChI=1S/C18H21ClN6O2.C3H8.CH4S/c1-10-16-17(25(2)8-15(26)23-16)24-18(21-10)22-12-5-11(6-12)9-27-13-3-4-14(19)20-7-13;1-3-2;1-2/h3-4,7,11-12H,5-6,8-9H2,1-2H3,(H,23,26)(H,21,22,24);3H2,1-2H3;2H,1H3. The molecule has 0 unspecified atom stereocenters. The highest BCUT2D eigenvalue weighted by molar-refractivity contribution is 7.79. The number of anilines is 3. The molecule has 0 atom stereocenters. The van der Waals surface area contributed by atoms with Gasteiger partial charge in [-0.25, -0.2) is 9.97 Å². The van der Waals surface area contributed by atoms with Crippen LogP contribution < -0.4 is 20.3 Å². The highest BCUT2D eigenvalue weighted by Crippen LogP contribution is 2.33. The Morgan fingerprint density at radius 1 is 1.28 bits per heavy atom. The van der Waals surface area contributed by atoms with Crippen LogP contribution in [0.15, 0.2) is 18.3 Å². The SMILES string of the molecule is CCC.CS.Cc1nc(NC2CC(COc3ccc(Cl)nc3)C2)nc2c1NC(=O)CN2C. The maximum Gasteiger partial charge on any atom is 0.244 e. The molecular formula is C22H33ClN6O2S. The summed E-state index contributed by atoms with van der Waals surface area (Å²) in [7, 11) is 1.86. The number of amides is 1. The number of rotatable bonds is 5. The molecule has 2 aliphatic rings. The van der Waals surface area contributed by atoms with Crippen LogP contribution in [0.5, 0.6) is 5.75 Å². The topological polar surface area (TPSA) is 92.3 Å². The zero-order valence-electron chi connectivity index (χ0n) is 19.4. The molecule has 1 fully saturated rings. The molecule has 32 heavy (non-hydrogen) atoms. The van der Waals surface area contributed by atoms with E-state index in [9.17, 15) is 4.79 Å². The van der Waals surface area contributed by atoms with Crippen molar-refractivity contribution >= 4 is 47.6 Å². The zero-order chi connectivity index (χ0) is 23.7. The van der Waals surface area contributed by atoms with Crippen molar-refractivity contribution in [3.05, 3.63) is 29.2 Å². The van der Waals surface area contributed by atoms with E-state index in [2.05, 4.69) is 52.1 Å². The molecule has 0 bridgehead atoms. The van der Waals surface area contributed by atoms with E-state index < -0.39 is 0 Å². The second kappa shape index (κ2) is 12.7. The van der Waals surface area contributed by atoms with Crippen molar-refractivity contribution in [3.8, 4) is 5.75 Å². The van der Waals surface area contributed by atoms with Gasteiger partial charge >= 0.3 is 0 Å². The lowest BCUT2D eigenvalue weighted by Gasteiger charge is -2.36. The van der Waals surface area contributed by atoms with Gasteiger partial charge in [-0.15, -0.1) is 0 Å². The molecule has 10 heteroatoms. The van der Waals surface area contributed by atoms with Crippen LogP contribution in [0.3, 0.4) is 0 Å². The Hall–Kier alpha value is -2.26. The number of halogens is 1. The van der Waals surface area contributed by atoms with Crippen molar-refractivity contribution in [2.45, 2.75) is 46.1 Å². The van der Waals surface area contributed by atoms with Crippen molar-refractivity contribution in [1.29, 1.82) is 0 Å². The van der Waals surface area contributed by atoms with Crippen LogP contribution in [0.2, 0.25) is 5.15 Å². The van der Waals surface area contributed by atoms with Gasteiger partial charge in [0.25, 0.3) is 0 Å².